The molecule has 0 N–H and O–H groups in total. The highest BCUT2D eigenvalue weighted by Gasteiger charge is 2.31. The third-order valence-electron chi connectivity index (χ3n) is 2.63. The first-order valence-corrected chi connectivity index (χ1v) is 7.81. The molecule has 0 aromatic heterocycles. The van der Waals surface area contributed by atoms with Crippen LogP contribution in [0.3, 0.4) is 0 Å². The van der Waals surface area contributed by atoms with Crippen molar-refractivity contribution in [3.05, 3.63) is 12.3 Å². The van der Waals surface area contributed by atoms with Gasteiger partial charge in [0.15, 0.2) is 5.41 Å². The van der Waals surface area contributed by atoms with Crippen LogP contribution in [0.4, 0.5) is 0 Å². The average Bonchev–Trinajstić information content (AvgIpc) is 2.27. The Morgan fingerprint density at radius 3 is 1.94 bits per heavy atom. The molecule has 0 amide bonds. The van der Waals surface area contributed by atoms with Gasteiger partial charge in [-0.3, -0.25) is 4.90 Å². The summed E-state index contributed by atoms with van der Waals surface area (Å²) in [7, 11) is -0.577. The molecule has 0 bridgehead atoms. The van der Waals surface area contributed by atoms with Crippen LogP contribution in [0.25, 0.3) is 0 Å². The second-order valence-corrected chi connectivity index (χ2v) is 5.79. The van der Waals surface area contributed by atoms with Gasteiger partial charge in [-0.15, -0.1) is 12.3 Å². The summed E-state index contributed by atoms with van der Waals surface area (Å²) < 4.78 is 11.7. The standard InChI is InChI=1S/C12H27NO2Si/c1-6-13(7-2)11-12(14-8-3,15-9-4)16-10-5/h10H,5-9,11,16H2,1-4H3. The van der Waals surface area contributed by atoms with Crippen LogP contribution in [-0.4, -0.2) is 52.7 Å². The molecule has 0 radical (unpaired) electrons. The van der Waals surface area contributed by atoms with Crippen molar-refractivity contribution in [2.75, 3.05) is 32.8 Å². The van der Waals surface area contributed by atoms with Gasteiger partial charge >= 0.3 is 0 Å². The molecule has 0 aromatic rings. The number of rotatable bonds is 10. The largest absolute Gasteiger partial charge is 0.353 e. The summed E-state index contributed by atoms with van der Waals surface area (Å²) in [6.07, 6.45) is 0. The van der Waals surface area contributed by atoms with Gasteiger partial charge in [-0.1, -0.05) is 13.8 Å². The lowest BCUT2D eigenvalue weighted by atomic mass is 10.4. The lowest BCUT2D eigenvalue weighted by Gasteiger charge is -2.36. The highest BCUT2D eigenvalue weighted by atomic mass is 28.2. The van der Waals surface area contributed by atoms with E-state index in [4.69, 9.17) is 9.47 Å². The van der Waals surface area contributed by atoms with Gasteiger partial charge in [-0.05, 0) is 26.9 Å². The molecule has 0 fully saturated rings. The maximum absolute atomic E-state index is 5.87. The van der Waals surface area contributed by atoms with E-state index in [1.165, 1.54) is 0 Å². The molecule has 0 spiro atoms. The SMILES string of the molecule is C=C[SiH2]C(CN(CC)CC)(OCC)OCC. The van der Waals surface area contributed by atoms with Crippen molar-refractivity contribution in [2.45, 2.75) is 33.1 Å². The first kappa shape index (κ1) is 15.8. The maximum atomic E-state index is 5.87. The topological polar surface area (TPSA) is 21.7 Å². The van der Waals surface area contributed by atoms with E-state index in [2.05, 4.69) is 25.3 Å². The van der Waals surface area contributed by atoms with E-state index in [1.807, 2.05) is 19.5 Å². The van der Waals surface area contributed by atoms with Crippen molar-refractivity contribution >= 4 is 9.52 Å². The molecule has 0 rings (SSSR count). The molecule has 0 aliphatic heterocycles. The fraction of sp³-hybridized carbons (Fsp3) is 0.833. The number of hydrogen-bond acceptors (Lipinski definition) is 3. The molecule has 3 nitrogen and oxygen atoms in total. The molecule has 0 aliphatic rings. The van der Waals surface area contributed by atoms with Crippen LogP contribution in [0.5, 0.6) is 0 Å². The van der Waals surface area contributed by atoms with E-state index in [1.54, 1.807) is 0 Å². The first-order chi connectivity index (χ1) is 7.67. The first-order valence-electron chi connectivity index (χ1n) is 6.29. The predicted molar refractivity (Wildman–Crippen MR) is 72.5 cm³/mol. The van der Waals surface area contributed by atoms with Crippen LogP contribution >= 0.6 is 0 Å². The van der Waals surface area contributed by atoms with Crippen LogP contribution < -0.4 is 0 Å². The minimum atomic E-state index is -0.577. The summed E-state index contributed by atoms with van der Waals surface area (Å²) in [5.74, 6) is 0. The van der Waals surface area contributed by atoms with Crippen LogP contribution in [0, 0.1) is 0 Å². The molecule has 0 aliphatic carbocycles. The molecule has 0 atom stereocenters. The molecular weight excluding hydrogens is 218 g/mol. The minimum Gasteiger partial charge on any atom is -0.353 e. The zero-order chi connectivity index (χ0) is 12.4. The van der Waals surface area contributed by atoms with Crippen molar-refractivity contribution in [1.82, 2.24) is 4.90 Å². The lowest BCUT2D eigenvalue weighted by molar-refractivity contribution is -0.184. The smallest absolute Gasteiger partial charge is 0.161 e. The normalized spacial score (nSPS) is 12.8. The maximum Gasteiger partial charge on any atom is 0.161 e. The van der Waals surface area contributed by atoms with E-state index in [9.17, 15) is 0 Å². The van der Waals surface area contributed by atoms with Gasteiger partial charge in [0.1, 0.15) is 9.52 Å². The third kappa shape index (κ3) is 5.25. The van der Waals surface area contributed by atoms with Crippen molar-refractivity contribution in [1.29, 1.82) is 0 Å². The molecule has 16 heavy (non-hydrogen) atoms. The number of nitrogens with zero attached hydrogens (tertiary/aromatic N) is 1. The van der Waals surface area contributed by atoms with Gasteiger partial charge in [0.05, 0.1) is 0 Å². The van der Waals surface area contributed by atoms with Crippen molar-refractivity contribution in [2.24, 2.45) is 0 Å². The van der Waals surface area contributed by atoms with Crippen molar-refractivity contribution in [3.63, 3.8) is 0 Å². The van der Waals surface area contributed by atoms with Crippen LogP contribution in [-0.2, 0) is 9.47 Å². The van der Waals surface area contributed by atoms with Crippen molar-refractivity contribution in [3.8, 4) is 0 Å². The quantitative estimate of drug-likeness (QED) is 0.429. The highest BCUT2D eigenvalue weighted by Crippen LogP contribution is 2.14. The van der Waals surface area contributed by atoms with Gasteiger partial charge in [0.2, 0.25) is 0 Å². The Hall–Kier alpha value is -0.163. The molecule has 4 heteroatoms. The van der Waals surface area contributed by atoms with Crippen LogP contribution in [0.2, 0.25) is 0 Å². The number of hydrogen-bond donors (Lipinski definition) is 0. The molecule has 0 heterocycles. The Kier molecular flexibility index (Phi) is 8.84. The van der Waals surface area contributed by atoms with E-state index >= 15 is 0 Å². The summed E-state index contributed by atoms with van der Waals surface area (Å²) in [6.45, 7) is 16.5. The number of likely N-dealkylation sites (N-methyl/N-ethyl adjacent to an activating group) is 1. The summed E-state index contributed by atoms with van der Waals surface area (Å²) in [5.41, 5.74) is 1.63. The van der Waals surface area contributed by atoms with E-state index in [0.717, 1.165) is 19.6 Å². The molecular formula is C12H27NO2Si. The highest BCUT2D eigenvalue weighted by molar-refractivity contribution is 6.45. The van der Waals surface area contributed by atoms with Gasteiger partial charge in [-0.2, -0.15) is 0 Å². The molecule has 0 saturated heterocycles. The van der Waals surface area contributed by atoms with Gasteiger partial charge in [0.25, 0.3) is 0 Å². The summed E-state index contributed by atoms with van der Waals surface area (Å²) in [5, 5.41) is 0. The summed E-state index contributed by atoms with van der Waals surface area (Å²) in [4.78, 5) is 2.35. The Morgan fingerprint density at radius 1 is 1.12 bits per heavy atom. The van der Waals surface area contributed by atoms with E-state index in [-0.39, 0.29) is 5.41 Å². The second-order valence-electron chi connectivity index (χ2n) is 3.73. The monoisotopic (exact) mass is 245 g/mol. The fourth-order valence-corrected chi connectivity index (χ4v) is 3.38. The van der Waals surface area contributed by atoms with Crippen molar-refractivity contribution < 1.29 is 9.47 Å². The summed E-state index contributed by atoms with van der Waals surface area (Å²) >= 11 is 0. The Labute approximate surface area is 103 Å². The van der Waals surface area contributed by atoms with E-state index in [0.29, 0.717) is 13.2 Å². The minimum absolute atomic E-state index is 0.378. The van der Waals surface area contributed by atoms with Gasteiger partial charge < -0.3 is 9.47 Å². The fourth-order valence-electron chi connectivity index (χ4n) is 1.85. The zero-order valence-corrected chi connectivity index (χ0v) is 12.7. The Bertz CT molecular complexity index is 178. The van der Waals surface area contributed by atoms with Gasteiger partial charge in [0, 0.05) is 19.8 Å². The Balaban J connectivity index is 4.62. The predicted octanol–water partition coefficient (Wildman–Crippen LogP) is 1.37. The van der Waals surface area contributed by atoms with Crippen LogP contribution in [0.1, 0.15) is 27.7 Å². The Morgan fingerprint density at radius 2 is 1.62 bits per heavy atom. The molecule has 0 unspecified atom stereocenters. The lowest BCUT2D eigenvalue weighted by Crippen LogP contribution is -2.51. The summed E-state index contributed by atoms with van der Waals surface area (Å²) in [6, 6.07) is 0. The number of ether oxygens (including phenoxy) is 2. The molecule has 96 valence electrons. The molecule has 0 aromatic carbocycles. The third-order valence-corrected chi connectivity index (χ3v) is 4.17. The molecule has 0 saturated carbocycles. The van der Waals surface area contributed by atoms with E-state index < -0.39 is 9.52 Å². The van der Waals surface area contributed by atoms with Gasteiger partial charge in [-0.25, -0.2) is 0 Å². The average molecular weight is 245 g/mol. The second kappa shape index (κ2) is 8.93. The van der Waals surface area contributed by atoms with Crippen LogP contribution in [0.15, 0.2) is 12.3 Å². The zero-order valence-electron chi connectivity index (χ0n) is 11.3.